The smallest absolute Gasteiger partial charge is 0.310 e. The van der Waals surface area contributed by atoms with Crippen molar-refractivity contribution in [2.24, 2.45) is 11.3 Å². The van der Waals surface area contributed by atoms with Gasteiger partial charge in [0.05, 0.1) is 5.92 Å². The molecule has 5 heteroatoms. The van der Waals surface area contributed by atoms with Crippen molar-refractivity contribution < 1.29 is 19.3 Å². The number of carboxylic acids is 1. The van der Waals surface area contributed by atoms with Gasteiger partial charge in [0.15, 0.2) is 5.78 Å². The van der Waals surface area contributed by atoms with Crippen molar-refractivity contribution >= 4 is 20.9 Å². The molecule has 0 amide bonds. The van der Waals surface area contributed by atoms with Crippen LogP contribution in [-0.4, -0.2) is 16.9 Å². The lowest BCUT2D eigenvalue weighted by Crippen LogP contribution is -2.44. The first-order valence-electron chi connectivity index (χ1n) is 11.9. The van der Waals surface area contributed by atoms with Crippen LogP contribution in [0.15, 0.2) is 12.1 Å². The number of carbonyl (C=O) groups excluding carboxylic acids is 1. The highest BCUT2D eigenvalue weighted by atomic mass is 31.0. The Labute approximate surface area is 190 Å². The molecule has 0 heterocycles. The van der Waals surface area contributed by atoms with Gasteiger partial charge < -0.3 is 5.11 Å². The number of benzene rings is 1. The number of Topliss-reactive ketones (excluding diaryl/α,β-unsaturated/α-hetero) is 1. The van der Waals surface area contributed by atoms with Gasteiger partial charge in [0.2, 0.25) is 0 Å². The molecular formula is C26H42O4P+. The molecule has 0 aliphatic heterocycles. The molecule has 1 saturated carbocycles. The monoisotopic (exact) mass is 449 g/mol. The number of carboxylic acid groups (broad SMARTS) is 1. The van der Waals surface area contributed by atoms with Gasteiger partial charge in [-0.1, -0.05) is 87.0 Å². The zero-order valence-corrected chi connectivity index (χ0v) is 21.1. The second kappa shape index (κ2) is 13.8. The topological polar surface area (TPSA) is 71.4 Å². The first-order valence-corrected chi connectivity index (χ1v) is 12.4. The molecule has 0 radical (unpaired) electrons. The zero-order chi connectivity index (χ0) is 23.4. The molecule has 4 nitrogen and oxygen atoms in total. The third-order valence-electron chi connectivity index (χ3n) is 6.91. The highest BCUT2D eigenvalue weighted by Crippen LogP contribution is 2.48. The number of carbonyl (C=O) groups is 2. The fraction of sp³-hybridized carbons (Fsp3) is 0.692. The molecule has 2 atom stereocenters. The second-order valence-corrected chi connectivity index (χ2v) is 9.27. The number of hydrogen-bond donors (Lipinski definition) is 1. The predicted molar refractivity (Wildman–Crippen MR) is 130 cm³/mol. The average molecular weight is 450 g/mol. The lowest BCUT2D eigenvalue weighted by molar-refractivity contribution is -0.146. The molecule has 1 aliphatic rings. The van der Waals surface area contributed by atoms with Crippen LogP contribution >= 0.6 is 9.12 Å². The Balaban J connectivity index is 0.00000233. The first-order chi connectivity index (χ1) is 14.8. The lowest BCUT2D eigenvalue weighted by atomic mass is 9.60. The van der Waals surface area contributed by atoms with E-state index in [-0.39, 0.29) is 5.78 Å². The Kier molecular flexibility index (Phi) is 12.2. The first kappa shape index (κ1) is 27.5. The van der Waals surface area contributed by atoms with Gasteiger partial charge in [0, 0.05) is 11.0 Å². The van der Waals surface area contributed by atoms with Gasteiger partial charge in [0.25, 0.3) is 0 Å². The third-order valence-corrected chi connectivity index (χ3v) is 6.91. The summed E-state index contributed by atoms with van der Waals surface area (Å²) in [5, 5.41) is 10.2. The molecule has 1 aromatic carbocycles. The Morgan fingerprint density at radius 2 is 1.45 bits per heavy atom. The van der Waals surface area contributed by atoms with Crippen molar-refractivity contribution in [1.82, 2.24) is 0 Å². The molecule has 1 N–H and O–H groups in total. The maximum atomic E-state index is 13.9. The molecule has 2 unspecified atom stereocenters. The number of unbranched alkanes of at least 4 members (excludes halogenated alkanes) is 5. The van der Waals surface area contributed by atoms with Crippen molar-refractivity contribution in [1.29, 1.82) is 0 Å². The van der Waals surface area contributed by atoms with Crippen LogP contribution in [0.1, 0.15) is 111 Å². The Morgan fingerprint density at radius 3 is 1.97 bits per heavy atom. The number of rotatable bonds is 11. The average Bonchev–Trinajstić information content (AvgIpc) is 2.74. The van der Waals surface area contributed by atoms with Gasteiger partial charge in [-0.3, -0.25) is 9.59 Å². The van der Waals surface area contributed by atoms with Crippen LogP contribution < -0.4 is 0 Å². The summed E-state index contributed by atoms with van der Waals surface area (Å²) in [6.07, 6.45) is 11.9. The van der Waals surface area contributed by atoms with Crippen molar-refractivity contribution in [2.45, 2.75) is 105 Å². The second-order valence-electron chi connectivity index (χ2n) is 9.27. The van der Waals surface area contributed by atoms with E-state index in [4.69, 9.17) is 4.57 Å². The van der Waals surface area contributed by atoms with Crippen molar-refractivity contribution in [3.8, 4) is 0 Å². The van der Waals surface area contributed by atoms with E-state index in [1.54, 1.807) is 0 Å². The lowest BCUT2D eigenvalue weighted by Gasteiger charge is -2.41. The number of aryl methyl sites for hydroxylation is 3. The Bertz CT molecular complexity index is 699. The van der Waals surface area contributed by atoms with Crippen LogP contribution in [0.3, 0.4) is 0 Å². The third kappa shape index (κ3) is 7.24. The van der Waals surface area contributed by atoms with E-state index in [1.807, 2.05) is 20.8 Å². The summed E-state index contributed by atoms with van der Waals surface area (Å²) in [4.78, 5) is 26.3. The van der Waals surface area contributed by atoms with Crippen LogP contribution in [0.4, 0.5) is 0 Å². The fourth-order valence-electron chi connectivity index (χ4n) is 5.47. The van der Waals surface area contributed by atoms with E-state index < -0.39 is 17.3 Å². The van der Waals surface area contributed by atoms with Crippen molar-refractivity contribution in [3.63, 3.8) is 0 Å². The van der Waals surface area contributed by atoms with Gasteiger partial charge in [-0.25, -0.2) is 0 Å². The highest BCUT2D eigenvalue weighted by Gasteiger charge is 2.49. The van der Waals surface area contributed by atoms with Crippen LogP contribution in [0.2, 0.25) is 0 Å². The summed E-state index contributed by atoms with van der Waals surface area (Å²) in [6, 6.07) is 4.11. The summed E-state index contributed by atoms with van der Waals surface area (Å²) in [6.45, 7) is 8.23. The molecule has 31 heavy (non-hydrogen) atoms. The van der Waals surface area contributed by atoms with E-state index in [2.05, 4.69) is 19.1 Å². The van der Waals surface area contributed by atoms with E-state index in [0.29, 0.717) is 19.3 Å². The standard InChI is InChI=1S/C26H40O3.H2OP/c1-5-6-7-8-9-11-14-22(25(28)29)26(15-12-10-13-16-26)24(27)23-20(3)17-19(2)18-21(23)4;1-2/h17-18,22H,5-16H2,1-4H3,(H,28,29);2H2/q;+1. The maximum Gasteiger partial charge on any atom is 0.310 e. The van der Waals surface area contributed by atoms with Crippen molar-refractivity contribution in [3.05, 3.63) is 34.4 Å². The molecule has 1 fully saturated rings. The van der Waals surface area contributed by atoms with Gasteiger partial charge in [-0.15, -0.1) is 0 Å². The molecule has 2 rings (SSSR count). The summed E-state index contributed by atoms with van der Waals surface area (Å²) in [5.41, 5.74) is 3.16. The van der Waals surface area contributed by atoms with E-state index in [0.717, 1.165) is 60.8 Å². The number of ketones is 1. The fourth-order valence-corrected chi connectivity index (χ4v) is 5.47. The van der Waals surface area contributed by atoms with E-state index >= 15 is 0 Å². The van der Waals surface area contributed by atoms with Gasteiger partial charge in [-0.2, -0.15) is 0 Å². The van der Waals surface area contributed by atoms with Gasteiger partial charge in [0.1, 0.15) is 0 Å². The minimum atomic E-state index is -0.781. The van der Waals surface area contributed by atoms with Crippen LogP contribution in [0, 0.1) is 32.1 Å². The summed E-state index contributed by atoms with van der Waals surface area (Å²) in [5.74, 6) is -1.26. The van der Waals surface area contributed by atoms with Gasteiger partial charge in [-0.05, 0) is 51.2 Å². The normalized spacial score (nSPS) is 16.1. The van der Waals surface area contributed by atoms with Crippen LogP contribution in [-0.2, 0) is 9.36 Å². The van der Waals surface area contributed by atoms with Crippen molar-refractivity contribution in [2.75, 3.05) is 0 Å². The molecule has 174 valence electrons. The maximum absolute atomic E-state index is 13.9. The number of aliphatic carboxylic acids is 1. The highest BCUT2D eigenvalue weighted by molar-refractivity contribution is 7.00. The van der Waals surface area contributed by atoms with E-state index in [9.17, 15) is 14.7 Å². The predicted octanol–water partition coefficient (Wildman–Crippen LogP) is 7.40. The van der Waals surface area contributed by atoms with Crippen LogP contribution in [0.25, 0.3) is 0 Å². The minimum Gasteiger partial charge on any atom is -0.481 e. The molecule has 1 aliphatic carbocycles. The molecule has 0 saturated heterocycles. The molecule has 1 aromatic rings. The Hall–Kier alpha value is -1.54. The summed E-state index contributed by atoms with van der Waals surface area (Å²) < 4.78 is 8.17. The largest absolute Gasteiger partial charge is 0.481 e. The van der Waals surface area contributed by atoms with Gasteiger partial charge >= 0.3 is 15.1 Å². The Morgan fingerprint density at radius 1 is 0.935 bits per heavy atom. The van der Waals surface area contributed by atoms with E-state index in [1.165, 1.54) is 28.4 Å². The summed E-state index contributed by atoms with van der Waals surface area (Å²) in [7, 11) is 1.17. The molecule has 0 aromatic heterocycles. The SMILES string of the molecule is CCCCCCCCC(C(=O)O)C1(C(=O)c2c(C)cc(C)cc2C)CCCCC1.O=[PH2+]. The molecule has 0 bridgehead atoms. The minimum absolute atomic E-state index is 0.0885. The number of hydrogen-bond acceptors (Lipinski definition) is 3. The molecule has 0 spiro atoms. The summed E-state index contributed by atoms with van der Waals surface area (Å²) >= 11 is 0. The zero-order valence-electron chi connectivity index (χ0n) is 20.0. The van der Waals surface area contributed by atoms with Crippen LogP contribution in [0.5, 0.6) is 0 Å². The quantitative estimate of drug-likeness (QED) is 0.217. The molecular weight excluding hydrogens is 407 g/mol.